The van der Waals surface area contributed by atoms with E-state index in [2.05, 4.69) is 26.3 Å². The molecule has 1 aromatic heterocycles. The number of nitrogens with two attached hydrogens (primary N) is 2. The Kier molecular flexibility index (Phi) is 8.74. The molecule has 3 rings (SSSR count). The Morgan fingerprint density at radius 1 is 1.16 bits per heavy atom. The van der Waals surface area contributed by atoms with Crippen molar-refractivity contribution in [1.29, 1.82) is 0 Å². The summed E-state index contributed by atoms with van der Waals surface area (Å²) in [5.41, 5.74) is 14.2. The number of anilines is 2. The number of nitrogen functional groups attached to an aromatic ring is 1. The van der Waals surface area contributed by atoms with Gasteiger partial charge in [0.1, 0.15) is 6.04 Å². The number of nitrogens with zero attached hydrogens (tertiary/aromatic N) is 2. The third-order valence-electron chi connectivity index (χ3n) is 3.31. The summed E-state index contributed by atoms with van der Waals surface area (Å²) in [4.78, 5) is 8.78. The van der Waals surface area contributed by atoms with Gasteiger partial charge in [-0.15, -0.1) is 0 Å². The second-order valence-electron chi connectivity index (χ2n) is 4.91. The van der Waals surface area contributed by atoms with E-state index in [1.165, 1.54) is 7.05 Å². The Labute approximate surface area is 150 Å². The van der Waals surface area contributed by atoms with Crippen molar-refractivity contribution < 1.29 is 0 Å². The van der Waals surface area contributed by atoms with Crippen molar-refractivity contribution in [3.63, 3.8) is 0 Å². The van der Waals surface area contributed by atoms with E-state index in [0.29, 0.717) is 5.96 Å². The minimum absolute atomic E-state index is 0.0381. The molecule has 0 bridgehead atoms. The Morgan fingerprint density at radius 2 is 1.92 bits per heavy atom. The van der Waals surface area contributed by atoms with E-state index in [0.717, 1.165) is 22.5 Å². The molecule has 0 fully saturated rings. The number of aryl methyl sites for hydroxylation is 1. The number of pyridine rings is 1. The first-order chi connectivity index (χ1) is 12.2. The SMILES string of the molecule is CC.CN.Cc1ccc(N)cc1NC1=NC(c2cccnc2)C=CN1. The van der Waals surface area contributed by atoms with Crippen LogP contribution in [-0.2, 0) is 0 Å². The maximum Gasteiger partial charge on any atom is 0.200 e. The molecule has 0 spiro atoms. The maximum absolute atomic E-state index is 5.83. The third-order valence-corrected chi connectivity index (χ3v) is 3.31. The number of rotatable bonds is 2. The molecule has 1 aromatic carbocycles. The minimum atomic E-state index is -0.0381. The second-order valence-corrected chi connectivity index (χ2v) is 4.91. The maximum atomic E-state index is 5.83. The summed E-state index contributed by atoms with van der Waals surface area (Å²) in [6, 6.07) is 9.65. The summed E-state index contributed by atoms with van der Waals surface area (Å²) in [5.74, 6) is 0.694. The van der Waals surface area contributed by atoms with Crippen molar-refractivity contribution in [2.24, 2.45) is 10.7 Å². The van der Waals surface area contributed by atoms with Crippen LogP contribution in [0.1, 0.15) is 31.0 Å². The minimum Gasteiger partial charge on any atom is -0.399 e. The van der Waals surface area contributed by atoms with Gasteiger partial charge in [0.15, 0.2) is 0 Å². The zero-order valence-electron chi connectivity index (χ0n) is 15.3. The van der Waals surface area contributed by atoms with Crippen molar-refractivity contribution >= 4 is 17.3 Å². The van der Waals surface area contributed by atoms with Crippen LogP contribution in [0.2, 0.25) is 0 Å². The first-order valence-electron chi connectivity index (χ1n) is 8.34. The fourth-order valence-electron chi connectivity index (χ4n) is 2.14. The zero-order valence-corrected chi connectivity index (χ0v) is 15.3. The molecule has 2 aromatic rings. The Morgan fingerprint density at radius 3 is 2.60 bits per heavy atom. The molecule has 134 valence electrons. The number of benzene rings is 1. The average Bonchev–Trinajstić information content (AvgIpc) is 2.69. The van der Waals surface area contributed by atoms with Gasteiger partial charge in [-0.3, -0.25) is 4.98 Å². The van der Waals surface area contributed by atoms with Crippen LogP contribution in [0, 0.1) is 6.92 Å². The van der Waals surface area contributed by atoms with E-state index >= 15 is 0 Å². The molecule has 6 heteroatoms. The molecule has 6 nitrogen and oxygen atoms in total. The van der Waals surface area contributed by atoms with Gasteiger partial charge in [-0.2, -0.15) is 0 Å². The van der Waals surface area contributed by atoms with Gasteiger partial charge >= 0.3 is 0 Å². The van der Waals surface area contributed by atoms with E-state index in [1.807, 2.05) is 69.6 Å². The van der Waals surface area contributed by atoms with Crippen LogP contribution in [0.15, 0.2) is 60.0 Å². The van der Waals surface area contributed by atoms with Gasteiger partial charge in [0.05, 0.1) is 0 Å². The summed E-state index contributed by atoms with van der Waals surface area (Å²) >= 11 is 0. The average molecular weight is 340 g/mol. The summed E-state index contributed by atoms with van der Waals surface area (Å²) in [6.45, 7) is 6.03. The zero-order chi connectivity index (χ0) is 18.7. The van der Waals surface area contributed by atoms with Gasteiger partial charge < -0.3 is 22.1 Å². The highest BCUT2D eigenvalue weighted by Crippen LogP contribution is 2.22. The lowest BCUT2D eigenvalue weighted by molar-refractivity contribution is 0.862. The monoisotopic (exact) mass is 340 g/mol. The van der Waals surface area contributed by atoms with Gasteiger partial charge in [-0.25, -0.2) is 4.99 Å². The number of nitrogens with one attached hydrogen (secondary N) is 2. The van der Waals surface area contributed by atoms with Crippen molar-refractivity contribution in [1.82, 2.24) is 10.3 Å². The number of aliphatic imine (C=N–C) groups is 1. The molecular weight excluding hydrogens is 312 g/mol. The molecule has 1 aliphatic heterocycles. The fraction of sp³-hybridized carbons (Fsp3) is 0.263. The first-order valence-corrected chi connectivity index (χ1v) is 8.34. The summed E-state index contributed by atoms with van der Waals surface area (Å²) in [6.07, 6.45) is 7.46. The van der Waals surface area contributed by atoms with Gasteiger partial charge in [-0.1, -0.05) is 26.0 Å². The molecule has 0 saturated carbocycles. The van der Waals surface area contributed by atoms with E-state index in [1.54, 1.807) is 6.20 Å². The van der Waals surface area contributed by atoms with E-state index in [9.17, 15) is 0 Å². The van der Waals surface area contributed by atoms with Crippen LogP contribution >= 0.6 is 0 Å². The van der Waals surface area contributed by atoms with Gasteiger partial charge in [0, 0.05) is 30.0 Å². The highest BCUT2D eigenvalue weighted by molar-refractivity contribution is 5.96. The summed E-state index contributed by atoms with van der Waals surface area (Å²) < 4.78 is 0. The van der Waals surface area contributed by atoms with Crippen LogP contribution in [0.5, 0.6) is 0 Å². The number of aromatic nitrogens is 1. The van der Waals surface area contributed by atoms with Crippen LogP contribution in [0.25, 0.3) is 0 Å². The van der Waals surface area contributed by atoms with Crippen molar-refractivity contribution in [3.8, 4) is 0 Å². The molecule has 2 heterocycles. The van der Waals surface area contributed by atoms with Crippen molar-refractivity contribution in [3.05, 3.63) is 66.1 Å². The van der Waals surface area contributed by atoms with E-state index < -0.39 is 0 Å². The molecule has 0 aliphatic carbocycles. The van der Waals surface area contributed by atoms with Crippen molar-refractivity contribution in [2.45, 2.75) is 26.8 Å². The third kappa shape index (κ3) is 5.93. The molecule has 0 radical (unpaired) electrons. The standard InChI is InChI=1S/C16H17N5.C2H6.CH5N/c1-11-4-5-13(17)9-15(11)21-16-19-8-6-14(20-16)12-3-2-7-18-10-12;2*1-2/h2-10,14H,17H2,1H3,(H2,19,20,21);1-2H3;2H2,1H3. The quantitative estimate of drug-likeness (QED) is 0.629. The topological polar surface area (TPSA) is 101 Å². The molecule has 1 atom stereocenters. The Balaban J connectivity index is 0.000000730. The first kappa shape index (κ1) is 20.2. The van der Waals surface area contributed by atoms with Crippen molar-refractivity contribution in [2.75, 3.05) is 18.1 Å². The van der Waals surface area contributed by atoms with E-state index in [4.69, 9.17) is 5.73 Å². The normalized spacial score (nSPS) is 14.8. The molecule has 0 saturated heterocycles. The lowest BCUT2D eigenvalue weighted by Crippen LogP contribution is -2.29. The summed E-state index contributed by atoms with van der Waals surface area (Å²) in [7, 11) is 1.50. The molecular formula is C19H28N6. The van der Waals surface area contributed by atoms with Gasteiger partial charge in [0.2, 0.25) is 5.96 Å². The van der Waals surface area contributed by atoms with Crippen LogP contribution in [0.4, 0.5) is 11.4 Å². The number of hydrogen-bond donors (Lipinski definition) is 4. The predicted octanol–water partition coefficient (Wildman–Crippen LogP) is 3.20. The van der Waals surface area contributed by atoms with E-state index in [-0.39, 0.29) is 6.04 Å². The molecule has 6 N–H and O–H groups in total. The predicted molar refractivity (Wildman–Crippen MR) is 107 cm³/mol. The van der Waals surface area contributed by atoms with Gasteiger partial charge in [0.25, 0.3) is 0 Å². The second kappa shape index (κ2) is 10.8. The Bertz CT molecular complexity index is 694. The highest BCUT2D eigenvalue weighted by atomic mass is 15.2. The number of hydrogen-bond acceptors (Lipinski definition) is 6. The molecule has 25 heavy (non-hydrogen) atoms. The van der Waals surface area contributed by atoms with Crippen LogP contribution in [0.3, 0.4) is 0 Å². The van der Waals surface area contributed by atoms with Crippen LogP contribution in [-0.4, -0.2) is 18.0 Å². The largest absolute Gasteiger partial charge is 0.399 e. The smallest absolute Gasteiger partial charge is 0.200 e. The molecule has 1 aliphatic rings. The molecule has 1 unspecified atom stereocenters. The Hall–Kier alpha value is -2.86. The van der Waals surface area contributed by atoms with Crippen LogP contribution < -0.4 is 22.1 Å². The lowest BCUT2D eigenvalue weighted by Gasteiger charge is -2.19. The fourth-order valence-corrected chi connectivity index (χ4v) is 2.14. The lowest BCUT2D eigenvalue weighted by atomic mass is 10.1. The van der Waals surface area contributed by atoms with Gasteiger partial charge in [-0.05, 0) is 49.4 Å². The summed E-state index contributed by atoms with van der Waals surface area (Å²) in [5, 5.41) is 6.39. The molecule has 0 amide bonds. The highest BCUT2D eigenvalue weighted by Gasteiger charge is 2.12. The number of guanidine groups is 1.